The van der Waals surface area contributed by atoms with E-state index in [9.17, 15) is 4.79 Å². The molecule has 3 rings (SSSR count). The zero-order chi connectivity index (χ0) is 15.7. The van der Waals surface area contributed by atoms with Crippen LogP contribution in [-0.2, 0) is 6.42 Å². The third-order valence-corrected chi connectivity index (χ3v) is 3.76. The van der Waals surface area contributed by atoms with Crippen LogP contribution in [0.2, 0.25) is 0 Å². The quantitative estimate of drug-likeness (QED) is 0.750. The first kappa shape index (κ1) is 14.2. The second kappa shape index (κ2) is 5.55. The van der Waals surface area contributed by atoms with Gasteiger partial charge in [0.2, 0.25) is 0 Å². The van der Waals surface area contributed by atoms with Gasteiger partial charge in [0, 0.05) is 28.9 Å². The van der Waals surface area contributed by atoms with E-state index in [1.165, 1.54) is 0 Å². The van der Waals surface area contributed by atoms with E-state index < -0.39 is 0 Å². The summed E-state index contributed by atoms with van der Waals surface area (Å²) < 4.78 is 1.90. The maximum Gasteiger partial charge on any atom is 0.159 e. The lowest BCUT2D eigenvalue weighted by atomic mass is 10.1. The number of H-pyrrole nitrogens is 1. The second-order valence-corrected chi connectivity index (χ2v) is 5.31. The highest BCUT2D eigenvalue weighted by Crippen LogP contribution is 2.18. The second-order valence-electron chi connectivity index (χ2n) is 5.31. The van der Waals surface area contributed by atoms with Crippen molar-refractivity contribution in [3.63, 3.8) is 0 Å². The summed E-state index contributed by atoms with van der Waals surface area (Å²) in [5.41, 5.74) is 4.67. The third-order valence-electron chi connectivity index (χ3n) is 3.76. The lowest BCUT2D eigenvalue weighted by molar-refractivity contribution is 0.101. The molecule has 0 fully saturated rings. The Kier molecular flexibility index (Phi) is 3.58. The number of nitrogens with zero attached hydrogens (tertiary/aromatic N) is 4. The fourth-order valence-electron chi connectivity index (χ4n) is 2.46. The molecule has 6 heteroatoms. The van der Waals surface area contributed by atoms with Crippen LogP contribution in [0.15, 0.2) is 30.6 Å². The maximum absolute atomic E-state index is 11.5. The average Bonchev–Trinajstić information content (AvgIpc) is 3.09. The molecule has 2 heterocycles. The molecule has 0 saturated carbocycles. The predicted octanol–water partition coefficient (Wildman–Crippen LogP) is 2.40. The van der Waals surface area contributed by atoms with Gasteiger partial charge in [0.1, 0.15) is 12.2 Å². The van der Waals surface area contributed by atoms with Crippen molar-refractivity contribution in [2.24, 2.45) is 0 Å². The summed E-state index contributed by atoms with van der Waals surface area (Å²) in [7, 11) is 0. The standard InChI is InChI=1S/C16H17N5O/c1-10-15(11(2)19-18-10)8-16-20-17-9-21(16)14-6-4-5-13(7-14)12(3)22/h4-7,9H,8H2,1-3H3,(H,18,19). The summed E-state index contributed by atoms with van der Waals surface area (Å²) >= 11 is 0. The zero-order valence-corrected chi connectivity index (χ0v) is 12.8. The van der Waals surface area contributed by atoms with E-state index in [1.807, 2.05) is 36.6 Å². The van der Waals surface area contributed by atoms with Crippen molar-refractivity contribution in [2.75, 3.05) is 0 Å². The fraction of sp³-hybridized carbons (Fsp3) is 0.250. The van der Waals surface area contributed by atoms with E-state index in [0.29, 0.717) is 12.0 Å². The number of Topliss-reactive ketones (excluding diaryl/α,β-unsaturated/α-hetero) is 1. The predicted molar refractivity (Wildman–Crippen MR) is 82.2 cm³/mol. The van der Waals surface area contributed by atoms with Gasteiger partial charge in [-0.2, -0.15) is 5.10 Å². The van der Waals surface area contributed by atoms with Gasteiger partial charge in [-0.25, -0.2) is 0 Å². The van der Waals surface area contributed by atoms with Crippen LogP contribution in [0.4, 0.5) is 0 Å². The van der Waals surface area contributed by atoms with Gasteiger partial charge < -0.3 is 0 Å². The Hall–Kier alpha value is -2.76. The number of nitrogens with one attached hydrogen (secondary N) is 1. The van der Waals surface area contributed by atoms with Crippen LogP contribution in [0.25, 0.3) is 5.69 Å². The number of hydrogen-bond donors (Lipinski definition) is 1. The maximum atomic E-state index is 11.5. The van der Waals surface area contributed by atoms with E-state index in [1.54, 1.807) is 19.3 Å². The number of aromatic nitrogens is 5. The average molecular weight is 295 g/mol. The zero-order valence-electron chi connectivity index (χ0n) is 12.8. The van der Waals surface area contributed by atoms with Crippen LogP contribution < -0.4 is 0 Å². The smallest absolute Gasteiger partial charge is 0.159 e. The normalized spacial score (nSPS) is 10.9. The van der Waals surface area contributed by atoms with Gasteiger partial charge in [-0.15, -0.1) is 10.2 Å². The van der Waals surface area contributed by atoms with Gasteiger partial charge in [0.25, 0.3) is 0 Å². The lowest BCUT2D eigenvalue weighted by Crippen LogP contribution is -2.04. The number of benzene rings is 1. The largest absolute Gasteiger partial charge is 0.295 e. The van der Waals surface area contributed by atoms with E-state index in [0.717, 1.165) is 28.5 Å². The minimum absolute atomic E-state index is 0.0398. The molecule has 22 heavy (non-hydrogen) atoms. The topological polar surface area (TPSA) is 76.5 Å². The molecule has 0 atom stereocenters. The number of carbonyl (C=O) groups is 1. The Bertz CT molecular complexity index is 811. The molecule has 3 aromatic rings. The molecule has 0 unspecified atom stereocenters. The molecule has 0 spiro atoms. The molecule has 0 aliphatic rings. The van der Waals surface area contributed by atoms with Crippen molar-refractivity contribution in [1.82, 2.24) is 25.0 Å². The number of hydrogen-bond acceptors (Lipinski definition) is 4. The van der Waals surface area contributed by atoms with Gasteiger partial charge in [-0.05, 0) is 32.9 Å². The molecule has 0 aliphatic heterocycles. The third kappa shape index (κ3) is 2.55. The molecule has 0 radical (unpaired) electrons. The van der Waals surface area contributed by atoms with Crippen LogP contribution in [0.5, 0.6) is 0 Å². The van der Waals surface area contributed by atoms with Crippen molar-refractivity contribution >= 4 is 5.78 Å². The Morgan fingerprint density at radius 2 is 2.14 bits per heavy atom. The number of aromatic amines is 1. The van der Waals surface area contributed by atoms with E-state index in [-0.39, 0.29) is 5.78 Å². The molecule has 1 aromatic carbocycles. The molecule has 0 bridgehead atoms. The molecule has 0 aliphatic carbocycles. The summed E-state index contributed by atoms with van der Waals surface area (Å²) in [6.45, 7) is 5.52. The summed E-state index contributed by atoms with van der Waals surface area (Å²) in [6.07, 6.45) is 2.30. The SMILES string of the molecule is CC(=O)c1cccc(-n2cnnc2Cc2c(C)n[nH]c2C)c1. The fourth-order valence-corrected chi connectivity index (χ4v) is 2.46. The van der Waals surface area contributed by atoms with Crippen LogP contribution in [0.1, 0.15) is 40.1 Å². The van der Waals surface area contributed by atoms with Gasteiger partial charge in [-0.1, -0.05) is 12.1 Å². The van der Waals surface area contributed by atoms with E-state index in [2.05, 4.69) is 20.4 Å². The number of carbonyl (C=O) groups excluding carboxylic acids is 1. The van der Waals surface area contributed by atoms with E-state index in [4.69, 9.17) is 0 Å². The van der Waals surface area contributed by atoms with Crippen molar-refractivity contribution in [1.29, 1.82) is 0 Å². The Balaban J connectivity index is 1.99. The van der Waals surface area contributed by atoms with Crippen molar-refractivity contribution in [3.05, 3.63) is 58.9 Å². The van der Waals surface area contributed by atoms with Crippen LogP contribution in [-0.4, -0.2) is 30.7 Å². The number of ketones is 1. The highest BCUT2D eigenvalue weighted by atomic mass is 16.1. The molecule has 1 N–H and O–H groups in total. The van der Waals surface area contributed by atoms with Crippen LogP contribution in [0, 0.1) is 13.8 Å². The van der Waals surface area contributed by atoms with Crippen molar-refractivity contribution < 1.29 is 4.79 Å². The van der Waals surface area contributed by atoms with Crippen molar-refractivity contribution in [3.8, 4) is 5.69 Å². The molecule has 0 amide bonds. The first-order chi connectivity index (χ1) is 10.6. The van der Waals surface area contributed by atoms with Crippen LogP contribution >= 0.6 is 0 Å². The first-order valence-corrected chi connectivity index (χ1v) is 7.07. The van der Waals surface area contributed by atoms with E-state index >= 15 is 0 Å². The summed E-state index contributed by atoms with van der Waals surface area (Å²) in [4.78, 5) is 11.5. The van der Waals surface area contributed by atoms with Crippen LogP contribution in [0.3, 0.4) is 0 Å². The monoisotopic (exact) mass is 295 g/mol. The Morgan fingerprint density at radius 3 is 2.82 bits per heavy atom. The Morgan fingerprint density at radius 1 is 1.32 bits per heavy atom. The van der Waals surface area contributed by atoms with Gasteiger partial charge in [0.05, 0.1) is 5.69 Å². The number of aryl methyl sites for hydroxylation is 2. The Labute approximate surface area is 128 Å². The highest BCUT2D eigenvalue weighted by Gasteiger charge is 2.13. The molecule has 112 valence electrons. The molecule has 0 saturated heterocycles. The molecule has 2 aromatic heterocycles. The first-order valence-electron chi connectivity index (χ1n) is 7.07. The minimum Gasteiger partial charge on any atom is -0.295 e. The van der Waals surface area contributed by atoms with Gasteiger partial charge >= 0.3 is 0 Å². The van der Waals surface area contributed by atoms with Gasteiger partial charge in [0.15, 0.2) is 5.78 Å². The molecular formula is C16H17N5O. The molecule has 6 nitrogen and oxygen atoms in total. The van der Waals surface area contributed by atoms with Gasteiger partial charge in [-0.3, -0.25) is 14.5 Å². The summed E-state index contributed by atoms with van der Waals surface area (Å²) in [6, 6.07) is 7.46. The van der Waals surface area contributed by atoms with Crippen molar-refractivity contribution in [2.45, 2.75) is 27.2 Å². The minimum atomic E-state index is 0.0398. The summed E-state index contributed by atoms with van der Waals surface area (Å²) in [5, 5.41) is 15.4. The lowest BCUT2D eigenvalue weighted by Gasteiger charge is -2.08. The molecular weight excluding hydrogens is 278 g/mol. The summed E-state index contributed by atoms with van der Waals surface area (Å²) in [5.74, 6) is 0.853. The number of rotatable bonds is 4. The highest BCUT2D eigenvalue weighted by molar-refractivity contribution is 5.94.